The standard InChI is InChI=1S/C26H28O13/c1-36-23-16(25-21(34)18(31)12(29)7-37-25)20(33)15-11(28)6-14(9-2-4-10(27)5-3-9)39-24(15)17(23)26-22(35)19(32)13(30)8-38-26/h2-6,12-13,18-19,21-22,25-27,29-35H,7-8H2,1H3/t12-,13-,18-,19-,21-,22-,25+,26+/m0/s1. The van der Waals surface area contributed by atoms with Gasteiger partial charge in [-0.05, 0) is 24.3 Å². The van der Waals surface area contributed by atoms with Gasteiger partial charge >= 0.3 is 0 Å². The molecule has 2 aromatic carbocycles. The fourth-order valence-electron chi connectivity index (χ4n) is 5.03. The SMILES string of the molecule is COc1c([C@H]2OC[C@H](O)[C@H](O)[C@@H]2O)c(O)c2c(=O)cc(-c3ccc(O)cc3)oc2c1[C@H]1OC[C@H](O)[C@H](O)[C@@H]1O. The lowest BCUT2D eigenvalue weighted by Gasteiger charge is -2.38. The number of benzene rings is 2. The van der Waals surface area contributed by atoms with Gasteiger partial charge in [0.25, 0.3) is 0 Å². The minimum atomic E-state index is -1.77. The van der Waals surface area contributed by atoms with E-state index in [1.165, 1.54) is 31.4 Å². The van der Waals surface area contributed by atoms with Crippen LogP contribution in [-0.2, 0) is 9.47 Å². The highest BCUT2D eigenvalue weighted by Crippen LogP contribution is 2.50. The molecule has 8 atom stereocenters. The number of phenolic OH excluding ortho intramolecular Hbond substituents is 2. The van der Waals surface area contributed by atoms with E-state index in [2.05, 4.69) is 0 Å². The molecule has 1 aromatic heterocycles. The van der Waals surface area contributed by atoms with E-state index in [-0.39, 0.29) is 34.0 Å². The van der Waals surface area contributed by atoms with Crippen LogP contribution in [-0.4, -0.2) is 97.8 Å². The maximum absolute atomic E-state index is 13.4. The highest BCUT2D eigenvalue weighted by Gasteiger charge is 2.46. The van der Waals surface area contributed by atoms with Gasteiger partial charge in [-0.15, -0.1) is 0 Å². The van der Waals surface area contributed by atoms with Crippen LogP contribution in [0.1, 0.15) is 23.3 Å². The van der Waals surface area contributed by atoms with Crippen LogP contribution < -0.4 is 10.2 Å². The zero-order valence-corrected chi connectivity index (χ0v) is 20.5. The van der Waals surface area contributed by atoms with E-state index in [0.717, 1.165) is 6.07 Å². The molecule has 0 bridgehead atoms. The summed E-state index contributed by atoms with van der Waals surface area (Å²) in [5, 5.41) is 82.7. The van der Waals surface area contributed by atoms with Crippen LogP contribution in [0.5, 0.6) is 17.2 Å². The van der Waals surface area contributed by atoms with Crippen molar-refractivity contribution in [1.29, 1.82) is 0 Å². The van der Waals surface area contributed by atoms with E-state index in [1.807, 2.05) is 0 Å². The van der Waals surface area contributed by atoms with Crippen LogP contribution >= 0.6 is 0 Å². The Hall–Kier alpha value is -3.27. The normalized spacial score (nSPS) is 31.4. The van der Waals surface area contributed by atoms with E-state index >= 15 is 0 Å². The molecule has 3 heterocycles. The summed E-state index contributed by atoms with van der Waals surface area (Å²) in [6, 6.07) is 6.79. The number of fused-ring (bicyclic) bond motifs is 1. The van der Waals surface area contributed by atoms with Crippen molar-refractivity contribution >= 4 is 11.0 Å². The second-order valence-electron chi connectivity index (χ2n) is 9.54. The monoisotopic (exact) mass is 548 g/mol. The zero-order valence-electron chi connectivity index (χ0n) is 20.5. The van der Waals surface area contributed by atoms with Crippen LogP contribution in [0.25, 0.3) is 22.3 Å². The summed E-state index contributed by atoms with van der Waals surface area (Å²) in [5.74, 6) is -0.987. The Morgan fingerprint density at radius 3 is 1.87 bits per heavy atom. The second kappa shape index (κ2) is 10.4. The number of methoxy groups -OCH3 is 1. The molecule has 0 unspecified atom stereocenters. The number of ether oxygens (including phenoxy) is 3. The molecule has 8 N–H and O–H groups in total. The molecule has 39 heavy (non-hydrogen) atoms. The smallest absolute Gasteiger partial charge is 0.197 e. The van der Waals surface area contributed by atoms with Gasteiger partial charge < -0.3 is 59.5 Å². The van der Waals surface area contributed by atoms with Crippen molar-refractivity contribution in [3.05, 3.63) is 51.7 Å². The molecule has 2 aliphatic heterocycles. The first-order valence-electron chi connectivity index (χ1n) is 12.1. The summed E-state index contributed by atoms with van der Waals surface area (Å²) >= 11 is 0. The number of phenols is 2. The summed E-state index contributed by atoms with van der Waals surface area (Å²) in [7, 11) is 1.19. The molecule has 0 spiro atoms. The average molecular weight is 548 g/mol. The van der Waals surface area contributed by atoms with Gasteiger partial charge in [0.2, 0.25) is 0 Å². The Kier molecular flexibility index (Phi) is 7.26. The third-order valence-electron chi connectivity index (χ3n) is 7.10. The Morgan fingerprint density at radius 1 is 0.795 bits per heavy atom. The van der Waals surface area contributed by atoms with Gasteiger partial charge in [0, 0.05) is 11.6 Å². The molecule has 0 saturated carbocycles. The highest BCUT2D eigenvalue weighted by atomic mass is 16.5. The van der Waals surface area contributed by atoms with Crippen LogP contribution in [0.15, 0.2) is 39.5 Å². The van der Waals surface area contributed by atoms with E-state index in [1.54, 1.807) is 0 Å². The number of rotatable bonds is 4. The second-order valence-corrected chi connectivity index (χ2v) is 9.54. The van der Waals surface area contributed by atoms with Gasteiger partial charge in [-0.3, -0.25) is 4.79 Å². The van der Waals surface area contributed by atoms with Gasteiger partial charge in [0.05, 0.1) is 31.5 Å². The molecule has 0 amide bonds. The molecule has 2 aliphatic rings. The number of aromatic hydroxyl groups is 2. The lowest BCUT2D eigenvalue weighted by Crippen LogP contribution is -2.49. The third-order valence-corrected chi connectivity index (χ3v) is 7.10. The van der Waals surface area contributed by atoms with Crippen molar-refractivity contribution in [1.82, 2.24) is 0 Å². The van der Waals surface area contributed by atoms with Crippen molar-refractivity contribution in [2.75, 3.05) is 20.3 Å². The molecule has 13 nitrogen and oxygen atoms in total. The fourth-order valence-corrected chi connectivity index (χ4v) is 5.03. The topological polar surface area (TPSA) is 220 Å². The van der Waals surface area contributed by atoms with Crippen molar-refractivity contribution in [2.45, 2.75) is 48.8 Å². The number of aliphatic hydroxyl groups excluding tert-OH is 6. The van der Waals surface area contributed by atoms with E-state index in [4.69, 9.17) is 18.6 Å². The number of hydrogen-bond donors (Lipinski definition) is 8. The van der Waals surface area contributed by atoms with Crippen molar-refractivity contribution in [3.8, 4) is 28.6 Å². The lowest BCUT2D eigenvalue weighted by molar-refractivity contribution is -0.191. The Morgan fingerprint density at radius 2 is 1.33 bits per heavy atom. The van der Waals surface area contributed by atoms with Crippen LogP contribution in [0.2, 0.25) is 0 Å². The molecule has 2 fully saturated rings. The van der Waals surface area contributed by atoms with Crippen molar-refractivity contribution in [3.63, 3.8) is 0 Å². The average Bonchev–Trinajstić information content (AvgIpc) is 2.91. The summed E-state index contributed by atoms with van der Waals surface area (Å²) in [6.45, 7) is -0.847. The summed E-state index contributed by atoms with van der Waals surface area (Å²) in [6.07, 6.45) is -12.7. The quantitative estimate of drug-likeness (QED) is 0.200. The van der Waals surface area contributed by atoms with Crippen molar-refractivity contribution in [2.24, 2.45) is 0 Å². The zero-order chi connectivity index (χ0) is 28.2. The summed E-state index contributed by atoms with van der Waals surface area (Å²) in [4.78, 5) is 13.4. The lowest BCUT2D eigenvalue weighted by atomic mass is 9.86. The van der Waals surface area contributed by atoms with Crippen LogP contribution in [0.3, 0.4) is 0 Å². The van der Waals surface area contributed by atoms with Crippen molar-refractivity contribution < 1.29 is 59.5 Å². The third kappa shape index (κ3) is 4.52. The Balaban J connectivity index is 1.83. The predicted molar refractivity (Wildman–Crippen MR) is 131 cm³/mol. The first kappa shape index (κ1) is 27.3. The van der Waals surface area contributed by atoms with Gasteiger partial charge in [-0.2, -0.15) is 0 Å². The van der Waals surface area contributed by atoms with Gasteiger partial charge in [-0.25, -0.2) is 0 Å². The van der Waals surface area contributed by atoms with E-state index < -0.39 is 78.6 Å². The first-order valence-corrected chi connectivity index (χ1v) is 12.1. The maximum atomic E-state index is 13.4. The molecule has 210 valence electrons. The number of hydrogen-bond acceptors (Lipinski definition) is 13. The predicted octanol–water partition coefficient (Wildman–Crippen LogP) is -0.812. The molecule has 3 aromatic rings. The largest absolute Gasteiger partial charge is 0.508 e. The van der Waals surface area contributed by atoms with Gasteiger partial charge in [0.1, 0.15) is 77.2 Å². The van der Waals surface area contributed by atoms with Gasteiger partial charge in [0.15, 0.2) is 11.0 Å². The van der Waals surface area contributed by atoms with Crippen LogP contribution in [0, 0.1) is 0 Å². The minimum absolute atomic E-state index is 0.0151. The maximum Gasteiger partial charge on any atom is 0.197 e. The summed E-state index contributed by atoms with van der Waals surface area (Å²) < 4.78 is 22.8. The molecule has 13 heteroatoms. The molecular formula is C26H28O13. The molecule has 2 saturated heterocycles. The molecule has 0 aliphatic carbocycles. The first-order chi connectivity index (χ1) is 18.5. The Labute approximate surface area is 220 Å². The number of aliphatic hydroxyl groups is 6. The van der Waals surface area contributed by atoms with E-state index in [9.17, 15) is 45.6 Å². The summed E-state index contributed by atoms with van der Waals surface area (Å²) in [5.41, 5.74) is -1.10. The fraction of sp³-hybridized carbons (Fsp3) is 0.423. The molecule has 5 rings (SSSR count). The highest BCUT2D eigenvalue weighted by molar-refractivity contribution is 5.92. The van der Waals surface area contributed by atoms with Gasteiger partial charge in [-0.1, -0.05) is 0 Å². The van der Waals surface area contributed by atoms with Crippen LogP contribution in [0.4, 0.5) is 0 Å². The minimum Gasteiger partial charge on any atom is -0.508 e. The Bertz CT molecular complexity index is 1420. The molecular weight excluding hydrogens is 520 g/mol. The van der Waals surface area contributed by atoms with E-state index in [0.29, 0.717) is 5.56 Å². The molecule has 0 radical (unpaired) electrons.